The predicted molar refractivity (Wildman–Crippen MR) is 123 cm³/mol. The van der Waals surface area contributed by atoms with Crippen LogP contribution in [0.3, 0.4) is 0 Å². The van der Waals surface area contributed by atoms with Crippen molar-refractivity contribution in [2.75, 3.05) is 19.6 Å². The summed E-state index contributed by atoms with van der Waals surface area (Å²) in [5.41, 5.74) is 4.77. The quantitative estimate of drug-likeness (QED) is 0.504. The summed E-state index contributed by atoms with van der Waals surface area (Å²) < 4.78 is 7.87. The van der Waals surface area contributed by atoms with Crippen molar-refractivity contribution in [1.29, 1.82) is 0 Å². The Bertz CT molecular complexity index is 964. The summed E-state index contributed by atoms with van der Waals surface area (Å²) in [7, 11) is 0. The van der Waals surface area contributed by atoms with E-state index in [4.69, 9.17) is 4.42 Å². The molecule has 3 rings (SSSR count). The van der Waals surface area contributed by atoms with E-state index >= 15 is 0 Å². The number of nitrogens with one attached hydrogen (secondary N) is 1. The summed E-state index contributed by atoms with van der Waals surface area (Å²) in [4.78, 5) is 15.5. The van der Waals surface area contributed by atoms with Crippen LogP contribution < -0.4 is 5.32 Å². The van der Waals surface area contributed by atoms with Crippen LogP contribution in [0, 0.1) is 13.8 Å². The Balaban J connectivity index is 1.73. The number of carbonyl (C=O) groups is 1. The molecule has 2 aromatic heterocycles. The van der Waals surface area contributed by atoms with E-state index < -0.39 is 0 Å². The Hall–Kier alpha value is -2.53. The second kappa shape index (κ2) is 9.98. The minimum atomic E-state index is -0.0403. The number of nitrogens with zero attached hydrogens (tertiary/aromatic N) is 2. The molecule has 162 valence electrons. The second-order valence-corrected chi connectivity index (χ2v) is 8.25. The van der Waals surface area contributed by atoms with E-state index in [2.05, 4.69) is 66.7 Å². The topological polar surface area (TPSA) is 50.4 Å². The molecule has 5 heteroatoms. The molecule has 1 N–H and O–H groups in total. The van der Waals surface area contributed by atoms with Crippen LogP contribution in [-0.2, 0) is 6.54 Å². The van der Waals surface area contributed by atoms with Crippen LogP contribution in [0.5, 0.6) is 0 Å². The first kappa shape index (κ1) is 22.2. The summed E-state index contributed by atoms with van der Waals surface area (Å²) in [5, 5.41) is 3.19. The molecule has 5 nitrogen and oxygen atoms in total. The zero-order valence-electron chi connectivity index (χ0n) is 19.0. The van der Waals surface area contributed by atoms with Crippen molar-refractivity contribution in [3.8, 4) is 0 Å². The summed E-state index contributed by atoms with van der Waals surface area (Å²) in [6.07, 6.45) is 2.05. The lowest BCUT2D eigenvalue weighted by Gasteiger charge is -2.20. The first-order chi connectivity index (χ1) is 14.4. The summed E-state index contributed by atoms with van der Waals surface area (Å²) in [5.74, 6) is 0.816. The first-order valence-electron chi connectivity index (χ1n) is 11.1. The second-order valence-electron chi connectivity index (χ2n) is 8.25. The highest BCUT2D eigenvalue weighted by Crippen LogP contribution is 2.25. The molecule has 0 aliphatic heterocycles. The van der Waals surface area contributed by atoms with Crippen molar-refractivity contribution in [2.24, 2.45) is 0 Å². The van der Waals surface area contributed by atoms with Gasteiger partial charge >= 0.3 is 0 Å². The lowest BCUT2D eigenvalue weighted by atomic mass is 10.1. The molecule has 1 aromatic carbocycles. The number of carbonyl (C=O) groups excluding carboxylic acids is 1. The van der Waals surface area contributed by atoms with Crippen LogP contribution in [0.25, 0.3) is 11.1 Å². The number of amides is 1. The van der Waals surface area contributed by atoms with Gasteiger partial charge in [-0.05, 0) is 58.8 Å². The maximum atomic E-state index is 13.1. The van der Waals surface area contributed by atoms with E-state index in [-0.39, 0.29) is 11.9 Å². The number of rotatable bonds is 10. The third-order valence-electron chi connectivity index (χ3n) is 5.79. The average Bonchev–Trinajstić information content (AvgIpc) is 3.24. The van der Waals surface area contributed by atoms with Gasteiger partial charge in [-0.15, -0.1) is 0 Å². The number of hydrogen-bond donors (Lipinski definition) is 1. The molecule has 0 bridgehead atoms. The first-order valence-corrected chi connectivity index (χ1v) is 11.1. The number of aromatic nitrogens is 1. The van der Waals surface area contributed by atoms with Gasteiger partial charge in [0.25, 0.3) is 5.91 Å². The zero-order valence-corrected chi connectivity index (χ0v) is 19.0. The molecular formula is C25H35N3O2. The van der Waals surface area contributed by atoms with Gasteiger partial charge < -0.3 is 19.2 Å². The van der Waals surface area contributed by atoms with Crippen molar-refractivity contribution < 1.29 is 9.21 Å². The lowest BCUT2D eigenvalue weighted by molar-refractivity contribution is 0.0928. The highest BCUT2D eigenvalue weighted by molar-refractivity contribution is 5.97. The van der Waals surface area contributed by atoms with Crippen molar-refractivity contribution in [1.82, 2.24) is 14.8 Å². The number of furan rings is 1. The smallest absolute Gasteiger partial charge is 0.268 e. The van der Waals surface area contributed by atoms with E-state index in [0.29, 0.717) is 12.2 Å². The lowest BCUT2D eigenvalue weighted by Crippen LogP contribution is -2.35. The van der Waals surface area contributed by atoms with E-state index in [1.807, 2.05) is 19.1 Å². The molecule has 1 atom stereocenters. The maximum Gasteiger partial charge on any atom is 0.268 e. The number of benzene rings is 1. The molecule has 0 unspecified atom stereocenters. The molecule has 0 fully saturated rings. The van der Waals surface area contributed by atoms with Gasteiger partial charge in [0, 0.05) is 24.7 Å². The number of aryl methyl sites for hydroxylation is 2. The molecule has 0 radical (unpaired) electrons. The minimum Gasteiger partial charge on any atom is -0.460 e. The molecule has 0 aliphatic carbocycles. The molecule has 0 aliphatic rings. The molecule has 0 saturated carbocycles. The highest BCUT2D eigenvalue weighted by Gasteiger charge is 2.20. The summed E-state index contributed by atoms with van der Waals surface area (Å²) in [6, 6.07) is 12.5. The Morgan fingerprint density at radius 3 is 2.50 bits per heavy atom. The summed E-state index contributed by atoms with van der Waals surface area (Å²) in [6.45, 7) is 14.3. The van der Waals surface area contributed by atoms with E-state index in [0.717, 1.165) is 49.3 Å². The third-order valence-corrected chi connectivity index (χ3v) is 5.79. The standard InChI is InChI=1S/C25H35N3O2/c1-6-27(7-2)14-8-9-19(4)26-25(29)23-16-24-22(15-20(5)30-24)28(23)17-21-12-10-18(3)11-13-21/h10-13,15-16,19H,6-9,14,17H2,1-5H3,(H,26,29)/t19-/m0/s1. The summed E-state index contributed by atoms with van der Waals surface area (Å²) >= 11 is 0. The third kappa shape index (κ3) is 5.33. The molecule has 3 aromatic rings. The SMILES string of the molecule is CCN(CC)CCC[C@H](C)NC(=O)c1cc2oc(C)cc2n1Cc1ccc(C)cc1. The van der Waals surface area contributed by atoms with Crippen molar-refractivity contribution >= 4 is 17.0 Å². The molecular weight excluding hydrogens is 374 g/mol. The Labute approximate surface area is 180 Å². The van der Waals surface area contributed by atoms with Crippen LogP contribution in [0.15, 0.2) is 40.8 Å². The molecule has 2 heterocycles. The van der Waals surface area contributed by atoms with Gasteiger partial charge in [0.2, 0.25) is 0 Å². The van der Waals surface area contributed by atoms with E-state index in [9.17, 15) is 4.79 Å². The van der Waals surface area contributed by atoms with Gasteiger partial charge in [-0.25, -0.2) is 0 Å². The number of hydrogen-bond acceptors (Lipinski definition) is 3. The van der Waals surface area contributed by atoms with Gasteiger partial charge in [0.15, 0.2) is 5.58 Å². The van der Waals surface area contributed by atoms with Gasteiger partial charge in [-0.3, -0.25) is 4.79 Å². The van der Waals surface area contributed by atoms with Gasteiger partial charge in [-0.1, -0.05) is 43.7 Å². The molecule has 0 saturated heterocycles. The largest absolute Gasteiger partial charge is 0.460 e. The van der Waals surface area contributed by atoms with Gasteiger partial charge in [0.05, 0.1) is 5.52 Å². The van der Waals surface area contributed by atoms with Crippen LogP contribution in [0.4, 0.5) is 0 Å². The Morgan fingerprint density at radius 1 is 1.13 bits per heavy atom. The average molecular weight is 410 g/mol. The molecule has 1 amide bonds. The van der Waals surface area contributed by atoms with E-state index in [1.165, 1.54) is 11.1 Å². The van der Waals surface area contributed by atoms with Crippen LogP contribution in [0.2, 0.25) is 0 Å². The zero-order chi connectivity index (χ0) is 21.7. The fourth-order valence-corrected chi connectivity index (χ4v) is 3.93. The van der Waals surface area contributed by atoms with Crippen molar-refractivity contribution in [3.63, 3.8) is 0 Å². The highest BCUT2D eigenvalue weighted by atomic mass is 16.3. The number of fused-ring (bicyclic) bond motifs is 1. The Kier molecular flexibility index (Phi) is 7.38. The van der Waals surface area contributed by atoms with Gasteiger partial charge in [0.1, 0.15) is 11.5 Å². The van der Waals surface area contributed by atoms with Crippen LogP contribution in [-0.4, -0.2) is 41.1 Å². The maximum absolute atomic E-state index is 13.1. The minimum absolute atomic E-state index is 0.0403. The van der Waals surface area contributed by atoms with Crippen LogP contribution >= 0.6 is 0 Å². The normalized spacial score (nSPS) is 12.6. The fourth-order valence-electron chi connectivity index (χ4n) is 3.93. The monoisotopic (exact) mass is 409 g/mol. The van der Waals surface area contributed by atoms with E-state index in [1.54, 1.807) is 0 Å². The Morgan fingerprint density at radius 2 is 1.83 bits per heavy atom. The molecule has 30 heavy (non-hydrogen) atoms. The van der Waals surface area contributed by atoms with Crippen molar-refractivity contribution in [2.45, 2.75) is 60.0 Å². The predicted octanol–water partition coefficient (Wildman–Crippen LogP) is 5.14. The van der Waals surface area contributed by atoms with Crippen LogP contribution in [0.1, 0.15) is 61.0 Å². The van der Waals surface area contributed by atoms with Gasteiger partial charge in [-0.2, -0.15) is 0 Å². The van der Waals surface area contributed by atoms with Crippen molar-refractivity contribution in [3.05, 3.63) is 59.0 Å². The molecule has 0 spiro atoms. The fraction of sp³-hybridized carbons (Fsp3) is 0.480.